The van der Waals surface area contributed by atoms with Gasteiger partial charge in [0.2, 0.25) is 0 Å². The van der Waals surface area contributed by atoms with Crippen molar-refractivity contribution in [3.05, 3.63) is 59.2 Å². The first-order valence-electron chi connectivity index (χ1n) is 11.1. The van der Waals surface area contributed by atoms with Crippen molar-refractivity contribution in [1.82, 2.24) is 4.90 Å². The normalized spacial score (nSPS) is 12.7. The molecule has 0 saturated carbocycles. The number of nitrogens with zero attached hydrogens (tertiary/aromatic N) is 1. The van der Waals surface area contributed by atoms with Gasteiger partial charge in [-0.05, 0) is 77.3 Å². The molecule has 0 aliphatic heterocycles. The van der Waals surface area contributed by atoms with Crippen molar-refractivity contribution in [2.45, 2.75) is 78.8 Å². The first-order valence-corrected chi connectivity index (χ1v) is 11.1. The van der Waals surface area contributed by atoms with Gasteiger partial charge in [-0.2, -0.15) is 0 Å². The monoisotopic (exact) mass is 397 g/mol. The molecule has 0 aromatic heterocycles. The van der Waals surface area contributed by atoms with Crippen molar-refractivity contribution in [2.24, 2.45) is 0 Å². The van der Waals surface area contributed by atoms with E-state index in [-0.39, 0.29) is 5.92 Å². The SMILES string of the molecule is CCCCOc1ccc(O)c(C(CCN(C(C)C)C(C)C)c2ccccc2)c1C. The summed E-state index contributed by atoms with van der Waals surface area (Å²) in [6.07, 6.45) is 3.10. The van der Waals surface area contributed by atoms with Gasteiger partial charge in [0, 0.05) is 23.6 Å². The Bertz CT molecular complexity index is 732. The van der Waals surface area contributed by atoms with Crippen molar-refractivity contribution in [1.29, 1.82) is 0 Å². The van der Waals surface area contributed by atoms with Crippen LogP contribution in [0.5, 0.6) is 11.5 Å². The predicted molar refractivity (Wildman–Crippen MR) is 123 cm³/mol. The highest BCUT2D eigenvalue weighted by atomic mass is 16.5. The number of hydrogen-bond acceptors (Lipinski definition) is 3. The lowest BCUT2D eigenvalue weighted by molar-refractivity contribution is 0.170. The number of aromatic hydroxyl groups is 1. The van der Waals surface area contributed by atoms with E-state index in [1.165, 1.54) is 5.56 Å². The number of ether oxygens (including phenoxy) is 1. The zero-order chi connectivity index (χ0) is 21.4. The van der Waals surface area contributed by atoms with Crippen molar-refractivity contribution in [3.8, 4) is 11.5 Å². The van der Waals surface area contributed by atoms with E-state index in [9.17, 15) is 5.11 Å². The van der Waals surface area contributed by atoms with Gasteiger partial charge in [0.05, 0.1) is 6.61 Å². The highest BCUT2D eigenvalue weighted by molar-refractivity contribution is 5.52. The van der Waals surface area contributed by atoms with E-state index in [2.05, 4.69) is 70.7 Å². The lowest BCUT2D eigenvalue weighted by Gasteiger charge is -2.32. The molecule has 0 aliphatic carbocycles. The second-order valence-electron chi connectivity index (χ2n) is 8.50. The van der Waals surface area contributed by atoms with Crippen molar-refractivity contribution >= 4 is 0 Å². The molecule has 2 aromatic carbocycles. The van der Waals surface area contributed by atoms with Gasteiger partial charge in [-0.1, -0.05) is 43.7 Å². The van der Waals surface area contributed by atoms with Crippen LogP contribution in [0.2, 0.25) is 0 Å². The first kappa shape index (κ1) is 23.3. The Hall–Kier alpha value is -2.00. The molecule has 3 heteroatoms. The number of rotatable bonds is 11. The minimum Gasteiger partial charge on any atom is -0.508 e. The highest BCUT2D eigenvalue weighted by Crippen LogP contribution is 2.40. The molecule has 29 heavy (non-hydrogen) atoms. The lowest BCUT2D eigenvalue weighted by atomic mass is 9.84. The van der Waals surface area contributed by atoms with E-state index in [1.54, 1.807) is 6.07 Å². The molecular formula is C26H39NO2. The molecule has 1 N–H and O–H groups in total. The highest BCUT2D eigenvalue weighted by Gasteiger charge is 2.24. The summed E-state index contributed by atoms with van der Waals surface area (Å²) in [4.78, 5) is 2.52. The van der Waals surface area contributed by atoms with Crippen LogP contribution in [0, 0.1) is 6.92 Å². The maximum absolute atomic E-state index is 10.8. The van der Waals surface area contributed by atoms with Crippen molar-refractivity contribution < 1.29 is 9.84 Å². The minimum absolute atomic E-state index is 0.130. The number of unbranched alkanes of at least 4 members (excludes halogenated alkanes) is 1. The molecule has 0 saturated heterocycles. The maximum Gasteiger partial charge on any atom is 0.122 e. The summed E-state index contributed by atoms with van der Waals surface area (Å²) in [6.45, 7) is 14.9. The average Bonchev–Trinajstić information content (AvgIpc) is 2.68. The van der Waals surface area contributed by atoms with Crippen LogP contribution in [-0.4, -0.2) is 35.2 Å². The van der Waals surface area contributed by atoms with E-state index < -0.39 is 0 Å². The predicted octanol–water partition coefficient (Wildman–Crippen LogP) is 6.52. The van der Waals surface area contributed by atoms with E-state index >= 15 is 0 Å². The Kier molecular flexibility index (Phi) is 9.03. The van der Waals surface area contributed by atoms with Crippen LogP contribution in [-0.2, 0) is 0 Å². The van der Waals surface area contributed by atoms with Crippen LogP contribution in [0.3, 0.4) is 0 Å². The van der Waals surface area contributed by atoms with Crippen LogP contribution in [0.15, 0.2) is 42.5 Å². The van der Waals surface area contributed by atoms with Gasteiger partial charge >= 0.3 is 0 Å². The average molecular weight is 398 g/mol. The molecule has 2 aromatic rings. The van der Waals surface area contributed by atoms with Crippen LogP contribution >= 0.6 is 0 Å². The fourth-order valence-electron chi connectivity index (χ4n) is 4.17. The number of hydrogen-bond donors (Lipinski definition) is 1. The third-order valence-corrected chi connectivity index (χ3v) is 5.75. The quantitative estimate of drug-likeness (QED) is 0.438. The zero-order valence-electron chi connectivity index (χ0n) is 19.1. The molecule has 0 heterocycles. The molecule has 1 unspecified atom stereocenters. The Morgan fingerprint density at radius 2 is 1.62 bits per heavy atom. The lowest BCUT2D eigenvalue weighted by Crippen LogP contribution is -2.38. The van der Waals surface area contributed by atoms with Gasteiger partial charge in [-0.15, -0.1) is 0 Å². The zero-order valence-corrected chi connectivity index (χ0v) is 19.1. The molecule has 1 atom stereocenters. The summed E-state index contributed by atoms with van der Waals surface area (Å²) in [7, 11) is 0. The fourth-order valence-corrected chi connectivity index (χ4v) is 4.17. The fraction of sp³-hybridized carbons (Fsp3) is 0.538. The molecule has 0 spiro atoms. The van der Waals surface area contributed by atoms with E-state index in [0.29, 0.717) is 24.4 Å². The molecule has 0 amide bonds. The number of phenolic OH excluding ortho intramolecular Hbond substituents is 1. The molecule has 3 nitrogen and oxygen atoms in total. The smallest absolute Gasteiger partial charge is 0.122 e. The number of phenols is 1. The summed E-state index contributed by atoms with van der Waals surface area (Å²) >= 11 is 0. The van der Waals surface area contributed by atoms with Crippen LogP contribution in [0.4, 0.5) is 0 Å². The molecule has 0 fully saturated rings. The van der Waals surface area contributed by atoms with Gasteiger partial charge in [-0.3, -0.25) is 4.90 Å². The third kappa shape index (κ3) is 6.24. The van der Waals surface area contributed by atoms with Crippen LogP contribution < -0.4 is 4.74 Å². The minimum atomic E-state index is 0.130. The molecule has 2 rings (SSSR count). The molecule has 0 bridgehead atoms. The van der Waals surface area contributed by atoms with Gasteiger partial charge in [0.25, 0.3) is 0 Å². The summed E-state index contributed by atoms with van der Waals surface area (Å²) in [5, 5.41) is 10.8. The van der Waals surface area contributed by atoms with E-state index in [4.69, 9.17) is 4.74 Å². The topological polar surface area (TPSA) is 32.7 Å². The van der Waals surface area contributed by atoms with Crippen LogP contribution in [0.1, 0.15) is 76.5 Å². The number of benzene rings is 2. The summed E-state index contributed by atoms with van der Waals surface area (Å²) in [5.74, 6) is 1.38. The van der Waals surface area contributed by atoms with Gasteiger partial charge in [0.15, 0.2) is 0 Å². The Morgan fingerprint density at radius 3 is 2.21 bits per heavy atom. The third-order valence-electron chi connectivity index (χ3n) is 5.75. The Morgan fingerprint density at radius 1 is 0.966 bits per heavy atom. The molecular weight excluding hydrogens is 358 g/mol. The van der Waals surface area contributed by atoms with Crippen LogP contribution in [0.25, 0.3) is 0 Å². The maximum atomic E-state index is 10.8. The molecule has 0 radical (unpaired) electrons. The van der Waals surface area contributed by atoms with Gasteiger partial charge in [0.1, 0.15) is 11.5 Å². The molecule has 160 valence electrons. The standard InChI is InChI=1S/C26H39NO2/c1-7-8-18-29-25-15-14-24(28)26(21(25)6)23(22-12-10-9-11-13-22)16-17-27(19(2)3)20(4)5/h9-15,19-20,23,28H,7-8,16-18H2,1-6H3. The summed E-state index contributed by atoms with van der Waals surface area (Å²) < 4.78 is 6.04. The molecule has 0 aliphatic rings. The second kappa shape index (κ2) is 11.3. The summed E-state index contributed by atoms with van der Waals surface area (Å²) in [6, 6.07) is 15.2. The largest absolute Gasteiger partial charge is 0.508 e. The van der Waals surface area contributed by atoms with Crippen molar-refractivity contribution in [3.63, 3.8) is 0 Å². The van der Waals surface area contributed by atoms with Crippen molar-refractivity contribution in [2.75, 3.05) is 13.2 Å². The summed E-state index contributed by atoms with van der Waals surface area (Å²) in [5.41, 5.74) is 3.29. The van der Waals surface area contributed by atoms with E-state index in [1.807, 2.05) is 12.1 Å². The first-order chi connectivity index (χ1) is 13.9. The van der Waals surface area contributed by atoms with E-state index in [0.717, 1.165) is 42.7 Å². The Balaban J connectivity index is 2.40. The Labute approximate surface area is 177 Å². The van der Waals surface area contributed by atoms with Gasteiger partial charge < -0.3 is 9.84 Å². The van der Waals surface area contributed by atoms with Gasteiger partial charge in [-0.25, -0.2) is 0 Å². The second-order valence-corrected chi connectivity index (χ2v) is 8.50.